The first kappa shape index (κ1) is 14.9. The standard InChI is InChI=1S/C17H18N2O2/c1-5-13-15(11-7-9-12(18-3)10-8-11)16(17(20)21-4)14(6-2)19-13/h7-10,19H,5-6H2,1-2,4H3. The van der Waals surface area contributed by atoms with Crippen molar-refractivity contribution in [1.29, 1.82) is 0 Å². The molecule has 0 spiro atoms. The maximum Gasteiger partial charge on any atom is 0.340 e. The van der Waals surface area contributed by atoms with Crippen LogP contribution in [0.25, 0.3) is 16.0 Å². The Hall–Kier alpha value is -2.54. The Morgan fingerprint density at radius 3 is 2.29 bits per heavy atom. The lowest BCUT2D eigenvalue weighted by Crippen LogP contribution is -2.05. The normalized spacial score (nSPS) is 10.2. The number of ether oxygens (including phenoxy) is 1. The van der Waals surface area contributed by atoms with E-state index in [4.69, 9.17) is 11.3 Å². The first-order valence-corrected chi connectivity index (χ1v) is 6.96. The lowest BCUT2D eigenvalue weighted by molar-refractivity contribution is 0.0600. The molecule has 0 bridgehead atoms. The highest BCUT2D eigenvalue weighted by Crippen LogP contribution is 2.33. The Morgan fingerprint density at radius 1 is 1.19 bits per heavy atom. The summed E-state index contributed by atoms with van der Waals surface area (Å²) >= 11 is 0. The zero-order valence-corrected chi connectivity index (χ0v) is 12.5. The number of hydrogen-bond acceptors (Lipinski definition) is 2. The number of esters is 1. The number of carbonyl (C=O) groups is 1. The number of aromatic nitrogens is 1. The number of aryl methyl sites for hydroxylation is 2. The molecular weight excluding hydrogens is 264 g/mol. The molecule has 0 atom stereocenters. The molecule has 0 saturated carbocycles. The van der Waals surface area contributed by atoms with Gasteiger partial charge >= 0.3 is 5.97 Å². The highest BCUT2D eigenvalue weighted by Gasteiger charge is 2.23. The third kappa shape index (κ3) is 2.68. The molecule has 1 aromatic carbocycles. The number of hydrogen-bond donors (Lipinski definition) is 1. The van der Waals surface area contributed by atoms with Crippen molar-refractivity contribution in [1.82, 2.24) is 4.98 Å². The van der Waals surface area contributed by atoms with Gasteiger partial charge in [0.05, 0.1) is 19.2 Å². The van der Waals surface area contributed by atoms with E-state index < -0.39 is 0 Å². The van der Waals surface area contributed by atoms with E-state index in [1.54, 1.807) is 12.1 Å². The number of carbonyl (C=O) groups excluding carboxylic acids is 1. The fourth-order valence-corrected chi connectivity index (χ4v) is 2.49. The van der Waals surface area contributed by atoms with Gasteiger partial charge in [-0.15, -0.1) is 0 Å². The van der Waals surface area contributed by atoms with Crippen molar-refractivity contribution < 1.29 is 9.53 Å². The van der Waals surface area contributed by atoms with Gasteiger partial charge in [0.15, 0.2) is 5.69 Å². The van der Waals surface area contributed by atoms with Crippen LogP contribution in [0.15, 0.2) is 24.3 Å². The van der Waals surface area contributed by atoms with Crippen LogP contribution in [0.3, 0.4) is 0 Å². The van der Waals surface area contributed by atoms with Crippen LogP contribution in [0.4, 0.5) is 5.69 Å². The average molecular weight is 282 g/mol. The van der Waals surface area contributed by atoms with Crippen molar-refractivity contribution in [2.45, 2.75) is 26.7 Å². The smallest absolute Gasteiger partial charge is 0.340 e. The van der Waals surface area contributed by atoms with Crippen molar-refractivity contribution >= 4 is 11.7 Å². The first-order valence-electron chi connectivity index (χ1n) is 6.96. The molecule has 1 heterocycles. The van der Waals surface area contributed by atoms with E-state index in [2.05, 4.69) is 9.83 Å². The maximum atomic E-state index is 12.1. The van der Waals surface area contributed by atoms with Gasteiger partial charge in [0, 0.05) is 17.0 Å². The van der Waals surface area contributed by atoms with E-state index in [0.29, 0.717) is 11.3 Å². The molecule has 0 saturated heterocycles. The number of H-pyrrole nitrogens is 1. The van der Waals surface area contributed by atoms with Crippen LogP contribution in [0, 0.1) is 6.57 Å². The van der Waals surface area contributed by atoms with Gasteiger partial charge in [-0.2, -0.15) is 0 Å². The molecule has 0 aliphatic heterocycles. The van der Waals surface area contributed by atoms with Crippen molar-refractivity contribution in [3.05, 3.63) is 52.6 Å². The number of nitrogens with one attached hydrogen (secondary N) is 1. The molecule has 108 valence electrons. The summed E-state index contributed by atoms with van der Waals surface area (Å²) in [6.45, 7) is 11.1. The molecule has 0 unspecified atom stereocenters. The van der Waals surface area contributed by atoms with Crippen molar-refractivity contribution in [3.8, 4) is 11.1 Å². The second kappa shape index (κ2) is 6.27. The largest absolute Gasteiger partial charge is 0.465 e. The molecule has 0 fully saturated rings. The molecule has 0 amide bonds. The van der Waals surface area contributed by atoms with Gasteiger partial charge < -0.3 is 9.72 Å². The average Bonchev–Trinajstić information content (AvgIpc) is 2.92. The van der Waals surface area contributed by atoms with E-state index in [1.807, 2.05) is 26.0 Å². The van der Waals surface area contributed by atoms with Crippen molar-refractivity contribution in [2.75, 3.05) is 7.11 Å². The van der Waals surface area contributed by atoms with E-state index in [-0.39, 0.29) is 5.97 Å². The molecule has 4 heteroatoms. The van der Waals surface area contributed by atoms with Crippen LogP contribution in [0.5, 0.6) is 0 Å². The van der Waals surface area contributed by atoms with Crippen LogP contribution >= 0.6 is 0 Å². The summed E-state index contributed by atoms with van der Waals surface area (Å²) in [6, 6.07) is 7.28. The molecule has 2 rings (SSSR count). The number of methoxy groups -OCH3 is 1. The lowest BCUT2D eigenvalue weighted by Gasteiger charge is -2.07. The van der Waals surface area contributed by atoms with Gasteiger partial charge in [0.1, 0.15) is 0 Å². The first-order chi connectivity index (χ1) is 10.2. The summed E-state index contributed by atoms with van der Waals surface area (Å²) in [6.07, 6.45) is 1.53. The van der Waals surface area contributed by atoms with Gasteiger partial charge in [0.25, 0.3) is 0 Å². The van der Waals surface area contributed by atoms with E-state index >= 15 is 0 Å². The minimum absolute atomic E-state index is 0.327. The fourth-order valence-electron chi connectivity index (χ4n) is 2.49. The number of nitrogens with zero attached hydrogens (tertiary/aromatic N) is 1. The maximum absolute atomic E-state index is 12.1. The topological polar surface area (TPSA) is 46.5 Å². The predicted molar refractivity (Wildman–Crippen MR) is 82.6 cm³/mol. The summed E-state index contributed by atoms with van der Waals surface area (Å²) < 4.78 is 4.94. The van der Waals surface area contributed by atoms with Crippen molar-refractivity contribution in [3.63, 3.8) is 0 Å². The number of rotatable bonds is 4. The number of aromatic amines is 1. The Bertz CT molecular complexity index is 691. The Kier molecular flexibility index (Phi) is 4.44. The minimum atomic E-state index is -0.327. The Balaban J connectivity index is 2.67. The molecule has 0 aliphatic carbocycles. The summed E-state index contributed by atoms with van der Waals surface area (Å²) in [5, 5.41) is 0. The molecule has 1 N–H and O–H groups in total. The minimum Gasteiger partial charge on any atom is -0.465 e. The van der Waals surface area contributed by atoms with E-state index in [1.165, 1.54) is 7.11 Å². The van der Waals surface area contributed by atoms with Gasteiger partial charge in [0.2, 0.25) is 0 Å². The van der Waals surface area contributed by atoms with Crippen LogP contribution in [0.1, 0.15) is 35.6 Å². The molecule has 2 aromatic rings. The second-order valence-electron chi connectivity index (χ2n) is 4.69. The highest BCUT2D eigenvalue weighted by atomic mass is 16.5. The Labute approximate surface area is 124 Å². The monoisotopic (exact) mass is 282 g/mol. The van der Waals surface area contributed by atoms with Crippen molar-refractivity contribution in [2.24, 2.45) is 0 Å². The van der Waals surface area contributed by atoms with Gasteiger partial charge in [-0.1, -0.05) is 38.1 Å². The van der Waals surface area contributed by atoms with Crippen LogP contribution < -0.4 is 0 Å². The molecule has 21 heavy (non-hydrogen) atoms. The molecule has 1 aromatic heterocycles. The van der Waals surface area contributed by atoms with Crippen LogP contribution in [-0.2, 0) is 17.6 Å². The van der Waals surface area contributed by atoms with Crippen LogP contribution in [0.2, 0.25) is 0 Å². The zero-order chi connectivity index (χ0) is 15.4. The Morgan fingerprint density at radius 2 is 1.81 bits per heavy atom. The summed E-state index contributed by atoms with van der Waals surface area (Å²) in [7, 11) is 1.40. The summed E-state index contributed by atoms with van der Waals surface area (Å²) in [4.78, 5) is 18.9. The fraction of sp³-hybridized carbons (Fsp3) is 0.294. The SMILES string of the molecule is [C-]#[N+]c1ccc(-c2c(CC)[nH]c(CC)c2C(=O)OC)cc1. The molecule has 4 nitrogen and oxygen atoms in total. The third-order valence-electron chi connectivity index (χ3n) is 3.54. The van der Waals surface area contributed by atoms with Gasteiger partial charge in [-0.3, -0.25) is 0 Å². The molecular formula is C17H18N2O2. The van der Waals surface area contributed by atoms with E-state index in [9.17, 15) is 4.79 Å². The lowest BCUT2D eigenvalue weighted by atomic mass is 9.98. The quantitative estimate of drug-likeness (QED) is 0.676. The summed E-state index contributed by atoms with van der Waals surface area (Å²) in [5.41, 5.74) is 4.91. The molecule has 0 aliphatic rings. The highest BCUT2D eigenvalue weighted by molar-refractivity contribution is 5.99. The van der Waals surface area contributed by atoms with E-state index in [0.717, 1.165) is 35.4 Å². The molecule has 0 radical (unpaired) electrons. The van der Waals surface area contributed by atoms with Gasteiger partial charge in [-0.05, 0) is 18.4 Å². The predicted octanol–water partition coefficient (Wildman–Crippen LogP) is 4.14. The van der Waals surface area contributed by atoms with Crippen LogP contribution in [-0.4, -0.2) is 18.1 Å². The second-order valence-corrected chi connectivity index (χ2v) is 4.69. The summed E-state index contributed by atoms with van der Waals surface area (Å²) in [5.74, 6) is -0.327. The third-order valence-corrected chi connectivity index (χ3v) is 3.54. The van der Waals surface area contributed by atoms with Gasteiger partial charge in [-0.25, -0.2) is 9.64 Å². The number of benzene rings is 1. The zero-order valence-electron chi connectivity index (χ0n) is 12.5.